The summed E-state index contributed by atoms with van der Waals surface area (Å²) in [5, 5.41) is 6.76. The lowest BCUT2D eigenvalue weighted by atomic mass is 9.93. The minimum absolute atomic E-state index is 0.370. The van der Waals surface area contributed by atoms with Crippen LogP contribution in [0.1, 0.15) is 19.8 Å². The fraction of sp³-hybridized carbons (Fsp3) is 0.667. The molecule has 17 heavy (non-hydrogen) atoms. The third-order valence-corrected chi connectivity index (χ3v) is 3.24. The lowest BCUT2D eigenvalue weighted by Gasteiger charge is -2.28. The molecule has 5 heteroatoms. The smallest absolute Gasteiger partial charge is 0.226 e. The molecule has 1 aromatic heterocycles. The van der Waals surface area contributed by atoms with Crippen LogP contribution in [0, 0.1) is 5.92 Å². The highest BCUT2D eigenvalue weighted by atomic mass is 16.5. The molecule has 1 saturated heterocycles. The number of rotatable bonds is 4. The maximum absolute atomic E-state index is 5.08. The SMILES string of the molecule is COc1ccnc(NC(C)C2CCCNC2)n1. The van der Waals surface area contributed by atoms with E-state index in [1.54, 1.807) is 19.4 Å². The molecule has 0 aromatic carbocycles. The Labute approximate surface area is 102 Å². The Morgan fingerprint density at radius 2 is 2.47 bits per heavy atom. The summed E-state index contributed by atoms with van der Waals surface area (Å²) >= 11 is 0. The average molecular weight is 236 g/mol. The van der Waals surface area contributed by atoms with Gasteiger partial charge in [0.2, 0.25) is 11.8 Å². The van der Waals surface area contributed by atoms with Crippen LogP contribution in [0.3, 0.4) is 0 Å². The third kappa shape index (κ3) is 3.30. The molecule has 1 aromatic rings. The molecule has 2 rings (SSSR count). The summed E-state index contributed by atoms with van der Waals surface area (Å²) in [5.41, 5.74) is 0. The predicted molar refractivity (Wildman–Crippen MR) is 67.3 cm³/mol. The second-order valence-electron chi connectivity index (χ2n) is 4.46. The van der Waals surface area contributed by atoms with E-state index in [2.05, 4.69) is 27.5 Å². The normalized spacial score (nSPS) is 21.9. The molecule has 0 spiro atoms. The molecule has 1 aliphatic rings. The Morgan fingerprint density at radius 3 is 3.18 bits per heavy atom. The van der Waals surface area contributed by atoms with Crippen molar-refractivity contribution in [3.63, 3.8) is 0 Å². The Balaban J connectivity index is 1.94. The zero-order chi connectivity index (χ0) is 12.1. The summed E-state index contributed by atoms with van der Waals surface area (Å²) in [5.74, 6) is 1.87. The lowest BCUT2D eigenvalue weighted by molar-refractivity contribution is 0.345. The van der Waals surface area contributed by atoms with Gasteiger partial charge >= 0.3 is 0 Å². The van der Waals surface area contributed by atoms with E-state index in [4.69, 9.17) is 4.74 Å². The molecule has 0 saturated carbocycles. The standard InChI is InChI=1S/C12H20N4O/c1-9(10-4-3-6-13-8-10)15-12-14-7-5-11(16-12)17-2/h5,7,9-10,13H,3-4,6,8H2,1-2H3,(H,14,15,16). The van der Waals surface area contributed by atoms with Gasteiger partial charge in [-0.3, -0.25) is 0 Å². The number of aromatic nitrogens is 2. The summed E-state index contributed by atoms with van der Waals surface area (Å²) in [6.07, 6.45) is 4.21. The zero-order valence-corrected chi connectivity index (χ0v) is 10.4. The van der Waals surface area contributed by atoms with E-state index in [9.17, 15) is 0 Å². The summed E-state index contributed by atoms with van der Waals surface area (Å²) < 4.78 is 5.08. The van der Waals surface area contributed by atoms with Crippen LogP contribution in [0.5, 0.6) is 5.88 Å². The summed E-state index contributed by atoms with van der Waals surface area (Å²) in [6, 6.07) is 2.12. The Kier molecular flexibility index (Phi) is 4.14. The molecule has 2 unspecified atom stereocenters. The van der Waals surface area contributed by atoms with Gasteiger partial charge in [-0.25, -0.2) is 4.98 Å². The van der Waals surface area contributed by atoms with Crippen molar-refractivity contribution in [2.24, 2.45) is 5.92 Å². The highest BCUT2D eigenvalue weighted by molar-refractivity contribution is 5.28. The predicted octanol–water partition coefficient (Wildman–Crippen LogP) is 1.29. The van der Waals surface area contributed by atoms with Crippen LogP contribution in [-0.4, -0.2) is 36.2 Å². The second-order valence-corrected chi connectivity index (χ2v) is 4.46. The van der Waals surface area contributed by atoms with Gasteiger partial charge in [-0.1, -0.05) is 0 Å². The van der Waals surface area contributed by atoms with E-state index < -0.39 is 0 Å². The van der Waals surface area contributed by atoms with E-state index in [1.807, 2.05) is 0 Å². The first-order valence-electron chi connectivity index (χ1n) is 6.14. The first-order chi connectivity index (χ1) is 8.29. The van der Waals surface area contributed by atoms with Crippen molar-refractivity contribution < 1.29 is 4.74 Å². The Morgan fingerprint density at radius 1 is 1.59 bits per heavy atom. The topological polar surface area (TPSA) is 59.1 Å². The van der Waals surface area contributed by atoms with Crippen molar-refractivity contribution in [2.75, 3.05) is 25.5 Å². The lowest BCUT2D eigenvalue weighted by Crippen LogP contribution is -2.39. The minimum atomic E-state index is 0.370. The van der Waals surface area contributed by atoms with Gasteiger partial charge in [0.25, 0.3) is 0 Å². The van der Waals surface area contributed by atoms with Crippen LogP contribution in [0.4, 0.5) is 5.95 Å². The average Bonchev–Trinajstić information content (AvgIpc) is 2.40. The molecular formula is C12H20N4O. The van der Waals surface area contributed by atoms with Gasteiger partial charge in [0.1, 0.15) is 0 Å². The highest BCUT2D eigenvalue weighted by Gasteiger charge is 2.20. The molecule has 0 bridgehead atoms. The van der Waals surface area contributed by atoms with E-state index in [1.165, 1.54) is 12.8 Å². The van der Waals surface area contributed by atoms with Gasteiger partial charge in [0, 0.05) is 18.3 Å². The van der Waals surface area contributed by atoms with E-state index in [0.717, 1.165) is 13.1 Å². The van der Waals surface area contributed by atoms with Crippen molar-refractivity contribution in [2.45, 2.75) is 25.8 Å². The Hall–Kier alpha value is -1.36. The van der Waals surface area contributed by atoms with Crippen LogP contribution in [0.2, 0.25) is 0 Å². The van der Waals surface area contributed by atoms with Gasteiger partial charge in [-0.2, -0.15) is 4.98 Å². The summed E-state index contributed by atoms with van der Waals surface area (Å²) in [7, 11) is 1.61. The van der Waals surface area contributed by atoms with Gasteiger partial charge in [-0.05, 0) is 38.8 Å². The monoisotopic (exact) mass is 236 g/mol. The van der Waals surface area contributed by atoms with Gasteiger partial charge in [-0.15, -0.1) is 0 Å². The second kappa shape index (κ2) is 5.82. The molecular weight excluding hydrogens is 216 g/mol. The highest BCUT2D eigenvalue weighted by Crippen LogP contribution is 2.17. The minimum Gasteiger partial charge on any atom is -0.481 e. The van der Waals surface area contributed by atoms with Crippen LogP contribution < -0.4 is 15.4 Å². The number of nitrogens with one attached hydrogen (secondary N) is 2. The molecule has 2 N–H and O–H groups in total. The van der Waals surface area contributed by atoms with Gasteiger partial charge in [0.05, 0.1) is 7.11 Å². The van der Waals surface area contributed by atoms with E-state index >= 15 is 0 Å². The van der Waals surface area contributed by atoms with Crippen LogP contribution in [0.25, 0.3) is 0 Å². The van der Waals surface area contributed by atoms with E-state index in [0.29, 0.717) is 23.8 Å². The van der Waals surface area contributed by atoms with Crippen LogP contribution in [0.15, 0.2) is 12.3 Å². The largest absolute Gasteiger partial charge is 0.481 e. The van der Waals surface area contributed by atoms with E-state index in [-0.39, 0.29) is 0 Å². The first kappa shape index (κ1) is 12.1. The quantitative estimate of drug-likeness (QED) is 0.825. The molecule has 2 heterocycles. The van der Waals surface area contributed by atoms with Gasteiger partial charge < -0.3 is 15.4 Å². The molecule has 1 aliphatic heterocycles. The number of piperidine rings is 1. The van der Waals surface area contributed by atoms with Gasteiger partial charge in [0.15, 0.2) is 0 Å². The molecule has 5 nitrogen and oxygen atoms in total. The molecule has 0 radical (unpaired) electrons. The Bertz CT molecular complexity index is 352. The summed E-state index contributed by atoms with van der Waals surface area (Å²) in [4.78, 5) is 8.46. The molecule has 1 fully saturated rings. The molecule has 0 amide bonds. The molecule has 94 valence electrons. The number of nitrogens with zero attached hydrogens (tertiary/aromatic N) is 2. The van der Waals surface area contributed by atoms with Crippen molar-refractivity contribution in [1.82, 2.24) is 15.3 Å². The van der Waals surface area contributed by atoms with Crippen molar-refractivity contribution >= 4 is 5.95 Å². The van der Waals surface area contributed by atoms with Crippen LogP contribution >= 0.6 is 0 Å². The zero-order valence-electron chi connectivity index (χ0n) is 10.4. The number of ether oxygens (including phenoxy) is 1. The number of hydrogen-bond acceptors (Lipinski definition) is 5. The molecule has 2 atom stereocenters. The summed E-state index contributed by atoms with van der Waals surface area (Å²) in [6.45, 7) is 4.39. The van der Waals surface area contributed by atoms with Crippen molar-refractivity contribution in [1.29, 1.82) is 0 Å². The third-order valence-electron chi connectivity index (χ3n) is 3.24. The maximum Gasteiger partial charge on any atom is 0.226 e. The number of anilines is 1. The molecule has 0 aliphatic carbocycles. The van der Waals surface area contributed by atoms with Crippen molar-refractivity contribution in [3.05, 3.63) is 12.3 Å². The fourth-order valence-corrected chi connectivity index (χ4v) is 2.15. The number of methoxy groups -OCH3 is 1. The van der Waals surface area contributed by atoms with Crippen LogP contribution in [-0.2, 0) is 0 Å². The number of hydrogen-bond donors (Lipinski definition) is 2. The maximum atomic E-state index is 5.08. The van der Waals surface area contributed by atoms with Crippen molar-refractivity contribution in [3.8, 4) is 5.88 Å². The first-order valence-corrected chi connectivity index (χ1v) is 6.14. The fourth-order valence-electron chi connectivity index (χ4n) is 2.15.